The molecule has 0 N–H and O–H groups in total. The third-order valence-corrected chi connectivity index (χ3v) is 4.86. The zero-order valence-corrected chi connectivity index (χ0v) is 14.3. The van der Waals surface area contributed by atoms with Gasteiger partial charge in [0.25, 0.3) is 0 Å². The molecule has 0 spiro atoms. The lowest BCUT2D eigenvalue weighted by atomic mass is 10.0. The zero-order valence-electron chi connectivity index (χ0n) is 12.8. The van der Waals surface area contributed by atoms with E-state index in [0.717, 1.165) is 11.1 Å². The topological polar surface area (TPSA) is 24.7 Å². The lowest BCUT2D eigenvalue weighted by Gasteiger charge is -2.24. The average molecular weight is 335 g/mol. The summed E-state index contributed by atoms with van der Waals surface area (Å²) in [5.74, 6) is 0. The van der Waals surface area contributed by atoms with Crippen molar-refractivity contribution >= 4 is 23.2 Å². The van der Waals surface area contributed by atoms with E-state index in [2.05, 4.69) is 10.2 Å². The van der Waals surface area contributed by atoms with Gasteiger partial charge in [0.1, 0.15) is 0 Å². The maximum absolute atomic E-state index is 6.68. The number of hydrogen-bond donors (Lipinski definition) is 0. The van der Waals surface area contributed by atoms with Crippen LogP contribution in [-0.4, -0.2) is 0 Å². The van der Waals surface area contributed by atoms with E-state index in [1.54, 1.807) is 0 Å². The van der Waals surface area contributed by atoms with Crippen molar-refractivity contribution in [2.24, 2.45) is 10.2 Å². The van der Waals surface area contributed by atoms with Crippen LogP contribution in [-0.2, 0) is 10.00 Å². The minimum atomic E-state index is -0.884. The summed E-state index contributed by atoms with van der Waals surface area (Å²) < 4.78 is 0. The molecule has 2 aromatic carbocycles. The van der Waals surface area contributed by atoms with Gasteiger partial charge < -0.3 is 0 Å². The first-order chi connectivity index (χ1) is 10.5. The SMILES string of the molecule is CCC(Cl)(/N=N/C(Cl)(CC)c1ccccc1)c1ccccc1. The monoisotopic (exact) mass is 334 g/mol. The van der Waals surface area contributed by atoms with Gasteiger partial charge in [0.2, 0.25) is 0 Å². The van der Waals surface area contributed by atoms with Crippen LogP contribution in [0.3, 0.4) is 0 Å². The summed E-state index contributed by atoms with van der Waals surface area (Å²) in [6, 6.07) is 19.5. The lowest BCUT2D eigenvalue weighted by Crippen LogP contribution is -2.18. The van der Waals surface area contributed by atoms with Gasteiger partial charge in [0.15, 0.2) is 10.00 Å². The van der Waals surface area contributed by atoms with Crippen LogP contribution >= 0.6 is 23.2 Å². The summed E-state index contributed by atoms with van der Waals surface area (Å²) in [5, 5.41) is 8.84. The number of azo groups is 1. The van der Waals surface area contributed by atoms with Gasteiger partial charge in [-0.05, 0) is 24.0 Å². The molecule has 0 saturated heterocycles. The van der Waals surface area contributed by atoms with E-state index in [0.29, 0.717) is 12.8 Å². The van der Waals surface area contributed by atoms with Crippen molar-refractivity contribution in [3.8, 4) is 0 Å². The number of halogens is 2. The van der Waals surface area contributed by atoms with Crippen LogP contribution in [0.15, 0.2) is 70.9 Å². The van der Waals surface area contributed by atoms with Crippen LogP contribution in [0.5, 0.6) is 0 Å². The second-order valence-corrected chi connectivity index (χ2v) is 6.41. The van der Waals surface area contributed by atoms with E-state index in [9.17, 15) is 0 Å². The molecule has 0 aliphatic heterocycles. The highest BCUT2D eigenvalue weighted by Crippen LogP contribution is 2.40. The molecule has 2 aromatic rings. The number of benzene rings is 2. The van der Waals surface area contributed by atoms with Crippen LogP contribution in [0.1, 0.15) is 37.8 Å². The zero-order chi connectivity index (χ0) is 16.1. The summed E-state index contributed by atoms with van der Waals surface area (Å²) in [6.45, 7) is 3.98. The lowest BCUT2D eigenvalue weighted by molar-refractivity contribution is 0.503. The highest BCUT2D eigenvalue weighted by atomic mass is 35.5. The second-order valence-electron chi connectivity index (χ2n) is 5.16. The molecular formula is C18H20Cl2N2. The first kappa shape index (κ1) is 17.0. The molecule has 0 radical (unpaired) electrons. The Morgan fingerprint density at radius 2 is 1.00 bits per heavy atom. The fourth-order valence-corrected chi connectivity index (χ4v) is 2.54. The molecule has 0 aromatic heterocycles. The summed E-state index contributed by atoms with van der Waals surface area (Å²) in [5.41, 5.74) is 1.84. The Labute approximate surface area is 142 Å². The molecule has 0 amide bonds. The second kappa shape index (κ2) is 7.26. The number of alkyl halides is 2. The van der Waals surface area contributed by atoms with Gasteiger partial charge in [-0.15, -0.1) is 0 Å². The predicted molar refractivity (Wildman–Crippen MR) is 93.4 cm³/mol. The van der Waals surface area contributed by atoms with Crippen LogP contribution < -0.4 is 0 Å². The van der Waals surface area contributed by atoms with E-state index in [1.807, 2.05) is 74.5 Å². The Morgan fingerprint density at radius 1 is 0.682 bits per heavy atom. The van der Waals surface area contributed by atoms with Crippen molar-refractivity contribution in [1.29, 1.82) is 0 Å². The fourth-order valence-electron chi connectivity index (χ4n) is 2.21. The number of nitrogens with zero attached hydrogens (tertiary/aromatic N) is 2. The van der Waals surface area contributed by atoms with E-state index in [-0.39, 0.29) is 0 Å². The van der Waals surface area contributed by atoms with Gasteiger partial charge in [0, 0.05) is 0 Å². The molecular weight excluding hydrogens is 315 g/mol. The standard InChI is InChI=1S/C18H20Cl2N2/c1-3-17(19,15-11-7-5-8-12-15)21-22-18(20,4-2)16-13-9-6-10-14-16/h5-14H,3-4H2,1-2H3/b22-21+. The van der Waals surface area contributed by atoms with Crippen LogP contribution in [0.2, 0.25) is 0 Å². The minimum absolute atomic E-state index is 0.632. The molecule has 0 saturated carbocycles. The molecule has 2 atom stereocenters. The van der Waals surface area contributed by atoms with Gasteiger partial charge in [-0.3, -0.25) is 0 Å². The normalized spacial score (nSPS) is 17.1. The van der Waals surface area contributed by atoms with Gasteiger partial charge in [-0.2, -0.15) is 10.2 Å². The molecule has 2 unspecified atom stereocenters. The Hall–Kier alpha value is -1.38. The number of rotatable bonds is 6. The maximum atomic E-state index is 6.68. The van der Waals surface area contributed by atoms with Gasteiger partial charge >= 0.3 is 0 Å². The van der Waals surface area contributed by atoms with E-state index >= 15 is 0 Å². The Balaban J connectivity index is 2.35. The van der Waals surface area contributed by atoms with Crippen molar-refractivity contribution in [2.75, 3.05) is 0 Å². The summed E-state index contributed by atoms with van der Waals surface area (Å²) in [6.07, 6.45) is 1.26. The molecule has 0 bridgehead atoms. The summed E-state index contributed by atoms with van der Waals surface area (Å²) >= 11 is 13.4. The van der Waals surface area contributed by atoms with E-state index < -0.39 is 10.00 Å². The van der Waals surface area contributed by atoms with Crippen LogP contribution in [0.4, 0.5) is 0 Å². The molecule has 0 fully saturated rings. The van der Waals surface area contributed by atoms with Gasteiger partial charge in [-0.25, -0.2) is 0 Å². The molecule has 2 nitrogen and oxygen atoms in total. The summed E-state index contributed by atoms with van der Waals surface area (Å²) in [7, 11) is 0. The Kier molecular flexibility index (Phi) is 5.60. The first-order valence-corrected chi connectivity index (χ1v) is 8.22. The molecule has 116 valence electrons. The van der Waals surface area contributed by atoms with Crippen LogP contribution in [0, 0.1) is 0 Å². The molecule has 2 rings (SSSR count). The fraction of sp³-hybridized carbons (Fsp3) is 0.333. The van der Waals surface area contributed by atoms with Crippen molar-refractivity contribution in [3.63, 3.8) is 0 Å². The Bertz CT molecular complexity index is 560. The van der Waals surface area contributed by atoms with Gasteiger partial charge in [0.05, 0.1) is 0 Å². The highest BCUT2D eigenvalue weighted by Gasteiger charge is 2.32. The van der Waals surface area contributed by atoms with Crippen molar-refractivity contribution in [1.82, 2.24) is 0 Å². The van der Waals surface area contributed by atoms with Gasteiger partial charge in [-0.1, -0.05) is 97.7 Å². The third kappa shape index (κ3) is 3.68. The highest BCUT2D eigenvalue weighted by molar-refractivity contribution is 6.24. The smallest absolute Gasteiger partial charge is 0.164 e. The largest absolute Gasteiger partial charge is 0.179 e. The van der Waals surface area contributed by atoms with Crippen LogP contribution in [0.25, 0.3) is 0 Å². The Morgan fingerprint density at radius 3 is 1.27 bits per heavy atom. The quantitative estimate of drug-likeness (QED) is 0.329. The molecule has 0 aliphatic rings. The van der Waals surface area contributed by atoms with Crippen molar-refractivity contribution in [2.45, 2.75) is 36.7 Å². The number of hydrogen-bond acceptors (Lipinski definition) is 2. The van der Waals surface area contributed by atoms with Crippen molar-refractivity contribution in [3.05, 3.63) is 71.8 Å². The molecule has 22 heavy (non-hydrogen) atoms. The van der Waals surface area contributed by atoms with Crippen molar-refractivity contribution < 1.29 is 0 Å². The first-order valence-electron chi connectivity index (χ1n) is 7.47. The molecule has 0 aliphatic carbocycles. The third-order valence-electron chi connectivity index (χ3n) is 3.74. The molecule has 4 heteroatoms. The minimum Gasteiger partial charge on any atom is -0.164 e. The molecule has 0 heterocycles. The average Bonchev–Trinajstić information content (AvgIpc) is 2.61. The summed E-state index contributed by atoms with van der Waals surface area (Å²) in [4.78, 5) is -1.77. The predicted octanol–water partition coefficient (Wildman–Crippen LogP) is 6.44. The van der Waals surface area contributed by atoms with E-state index in [4.69, 9.17) is 23.2 Å². The maximum Gasteiger partial charge on any atom is 0.179 e. The van der Waals surface area contributed by atoms with E-state index in [1.165, 1.54) is 0 Å².